The van der Waals surface area contributed by atoms with Gasteiger partial charge in [-0.2, -0.15) is 0 Å². The monoisotopic (exact) mass is 375 g/mol. The van der Waals surface area contributed by atoms with E-state index in [1.54, 1.807) is 12.1 Å². The predicted molar refractivity (Wildman–Crippen MR) is 88.6 cm³/mol. The number of halogens is 1. The third-order valence-corrected chi connectivity index (χ3v) is 4.08. The number of nitro benzene ring substituents is 1. The quantitative estimate of drug-likeness (QED) is 0.455. The van der Waals surface area contributed by atoms with Crippen molar-refractivity contribution in [2.45, 2.75) is 19.8 Å². The molecule has 0 aliphatic heterocycles. The molecule has 23 heavy (non-hydrogen) atoms. The van der Waals surface area contributed by atoms with Crippen molar-refractivity contribution in [1.82, 2.24) is 0 Å². The van der Waals surface area contributed by atoms with E-state index in [9.17, 15) is 10.1 Å². The molecule has 0 spiro atoms. The molecule has 0 saturated heterocycles. The Bertz CT molecular complexity index is 825. The molecule has 3 aromatic rings. The molecule has 1 aromatic carbocycles. The van der Waals surface area contributed by atoms with Gasteiger partial charge in [0, 0.05) is 16.1 Å². The van der Waals surface area contributed by atoms with Gasteiger partial charge in [-0.25, -0.2) is 0 Å². The molecule has 3 rings (SSSR count). The van der Waals surface area contributed by atoms with Gasteiger partial charge in [0.1, 0.15) is 29.0 Å². The maximum atomic E-state index is 11.5. The molecule has 5 nitrogen and oxygen atoms in total. The van der Waals surface area contributed by atoms with E-state index in [-0.39, 0.29) is 5.69 Å². The molecular formula is C17H14BrNO4. The standard InChI is InChI=1S/C17H14BrNO4/c1-10-3-7-15(22-10)17(16-8-4-11(2)23-16)13-6-5-12(18)9-14(13)19(20)21/h3-9,17H,1-2H3. The fraction of sp³-hybridized carbons (Fsp3) is 0.176. The van der Waals surface area contributed by atoms with Crippen molar-refractivity contribution in [3.05, 3.63) is 85.7 Å². The Balaban J connectivity index is 2.22. The lowest BCUT2D eigenvalue weighted by Crippen LogP contribution is -2.05. The van der Waals surface area contributed by atoms with Gasteiger partial charge in [0.05, 0.1) is 4.92 Å². The van der Waals surface area contributed by atoms with Gasteiger partial charge in [-0.3, -0.25) is 10.1 Å². The minimum atomic E-state index is -0.467. The van der Waals surface area contributed by atoms with Crippen molar-refractivity contribution in [1.29, 1.82) is 0 Å². The van der Waals surface area contributed by atoms with E-state index in [4.69, 9.17) is 8.83 Å². The van der Waals surface area contributed by atoms with Gasteiger partial charge in [-0.05, 0) is 50.2 Å². The highest BCUT2D eigenvalue weighted by Gasteiger charge is 2.30. The van der Waals surface area contributed by atoms with Gasteiger partial charge in [-0.15, -0.1) is 0 Å². The van der Waals surface area contributed by atoms with E-state index in [1.807, 2.05) is 38.1 Å². The van der Waals surface area contributed by atoms with Crippen LogP contribution in [0.15, 0.2) is 55.8 Å². The average molecular weight is 376 g/mol. The van der Waals surface area contributed by atoms with Crippen molar-refractivity contribution >= 4 is 21.6 Å². The average Bonchev–Trinajstić information content (AvgIpc) is 3.10. The van der Waals surface area contributed by atoms with Gasteiger partial charge in [0.25, 0.3) is 5.69 Å². The molecule has 6 heteroatoms. The fourth-order valence-electron chi connectivity index (χ4n) is 2.58. The van der Waals surface area contributed by atoms with Gasteiger partial charge < -0.3 is 8.83 Å². The van der Waals surface area contributed by atoms with Crippen molar-refractivity contribution in [2.75, 3.05) is 0 Å². The van der Waals surface area contributed by atoms with Crippen LogP contribution in [0.4, 0.5) is 5.69 Å². The van der Waals surface area contributed by atoms with E-state index in [2.05, 4.69) is 15.9 Å². The Morgan fingerprint density at radius 2 is 1.57 bits per heavy atom. The van der Waals surface area contributed by atoms with Crippen LogP contribution in [0.2, 0.25) is 0 Å². The van der Waals surface area contributed by atoms with E-state index >= 15 is 0 Å². The number of nitrogens with zero attached hydrogens (tertiary/aromatic N) is 1. The van der Waals surface area contributed by atoms with Crippen LogP contribution in [0.25, 0.3) is 0 Å². The Labute approximate surface area is 141 Å². The summed E-state index contributed by atoms with van der Waals surface area (Å²) in [7, 11) is 0. The first-order valence-electron chi connectivity index (χ1n) is 7.02. The number of benzene rings is 1. The summed E-state index contributed by atoms with van der Waals surface area (Å²) in [6, 6.07) is 12.3. The maximum Gasteiger partial charge on any atom is 0.274 e. The van der Waals surface area contributed by atoms with Crippen LogP contribution in [0.3, 0.4) is 0 Å². The Kier molecular flexibility index (Phi) is 4.09. The highest BCUT2D eigenvalue weighted by atomic mass is 79.9. The molecule has 0 atom stereocenters. The first kappa shape index (κ1) is 15.6. The van der Waals surface area contributed by atoms with Gasteiger partial charge in [0.15, 0.2) is 0 Å². The summed E-state index contributed by atoms with van der Waals surface area (Å²) in [6.45, 7) is 3.67. The predicted octanol–water partition coefficient (Wildman–Crippen LogP) is 5.34. The summed E-state index contributed by atoms with van der Waals surface area (Å²) in [5.41, 5.74) is 0.550. The molecule has 0 unspecified atom stereocenters. The first-order chi connectivity index (χ1) is 11.0. The van der Waals surface area contributed by atoms with Crippen molar-refractivity contribution in [3.63, 3.8) is 0 Å². The number of aryl methyl sites for hydroxylation is 2. The van der Waals surface area contributed by atoms with Crippen molar-refractivity contribution in [3.8, 4) is 0 Å². The molecular weight excluding hydrogens is 362 g/mol. The number of hydrogen-bond donors (Lipinski definition) is 0. The summed E-state index contributed by atoms with van der Waals surface area (Å²) < 4.78 is 12.1. The lowest BCUT2D eigenvalue weighted by molar-refractivity contribution is -0.385. The molecule has 0 aliphatic rings. The summed E-state index contributed by atoms with van der Waals surface area (Å²) in [5, 5.41) is 11.5. The largest absolute Gasteiger partial charge is 0.465 e. The normalized spacial score (nSPS) is 11.1. The molecule has 2 heterocycles. The summed E-state index contributed by atoms with van der Waals surface area (Å²) >= 11 is 3.28. The minimum absolute atomic E-state index is 0.0208. The molecule has 2 aromatic heterocycles. The van der Waals surface area contributed by atoms with Crippen molar-refractivity contribution < 1.29 is 13.8 Å². The number of hydrogen-bond acceptors (Lipinski definition) is 4. The third kappa shape index (κ3) is 3.07. The van der Waals surface area contributed by atoms with Crippen LogP contribution >= 0.6 is 15.9 Å². The summed E-state index contributed by atoms with van der Waals surface area (Å²) in [6.07, 6.45) is 0. The molecule has 0 N–H and O–H groups in total. The Morgan fingerprint density at radius 3 is 2.00 bits per heavy atom. The topological polar surface area (TPSA) is 69.4 Å². The summed E-state index contributed by atoms with van der Waals surface area (Å²) in [5.74, 6) is 2.25. The smallest absolute Gasteiger partial charge is 0.274 e. The zero-order valence-corrected chi connectivity index (χ0v) is 14.2. The van der Waals surface area contributed by atoms with E-state index in [1.165, 1.54) is 6.07 Å². The lowest BCUT2D eigenvalue weighted by Gasteiger charge is -2.13. The third-order valence-electron chi connectivity index (χ3n) is 3.59. The van der Waals surface area contributed by atoms with Gasteiger partial charge >= 0.3 is 0 Å². The second-order valence-electron chi connectivity index (χ2n) is 5.29. The summed E-state index contributed by atoms with van der Waals surface area (Å²) in [4.78, 5) is 11.1. The van der Waals surface area contributed by atoms with Crippen LogP contribution in [0.5, 0.6) is 0 Å². The van der Waals surface area contributed by atoms with Crippen molar-refractivity contribution in [2.24, 2.45) is 0 Å². The molecule has 0 fully saturated rings. The van der Waals surface area contributed by atoms with Crippen LogP contribution in [-0.2, 0) is 0 Å². The number of furan rings is 2. The maximum absolute atomic E-state index is 11.5. The second kappa shape index (κ2) is 6.04. The second-order valence-corrected chi connectivity index (χ2v) is 6.21. The van der Waals surface area contributed by atoms with Crippen LogP contribution < -0.4 is 0 Å². The molecule has 0 bridgehead atoms. The minimum Gasteiger partial charge on any atom is -0.465 e. The van der Waals surface area contributed by atoms with Crippen LogP contribution in [-0.4, -0.2) is 4.92 Å². The molecule has 0 amide bonds. The van der Waals surface area contributed by atoms with Gasteiger partial charge in [0.2, 0.25) is 0 Å². The molecule has 0 radical (unpaired) electrons. The van der Waals surface area contributed by atoms with E-state index < -0.39 is 10.8 Å². The fourth-order valence-corrected chi connectivity index (χ4v) is 2.93. The number of rotatable bonds is 4. The van der Waals surface area contributed by atoms with E-state index in [0.29, 0.717) is 21.6 Å². The van der Waals surface area contributed by atoms with Gasteiger partial charge in [-0.1, -0.05) is 15.9 Å². The molecule has 0 saturated carbocycles. The van der Waals surface area contributed by atoms with E-state index in [0.717, 1.165) is 11.5 Å². The Morgan fingerprint density at radius 1 is 1.00 bits per heavy atom. The lowest BCUT2D eigenvalue weighted by atomic mass is 9.92. The molecule has 118 valence electrons. The van der Waals surface area contributed by atoms with Crippen LogP contribution in [0.1, 0.15) is 34.5 Å². The zero-order valence-electron chi connectivity index (χ0n) is 12.6. The SMILES string of the molecule is Cc1ccc(C(c2ccc(C)o2)c2ccc(Br)cc2[N+](=O)[O-])o1. The highest BCUT2D eigenvalue weighted by Crippen LogP contribution is 2.39. The molecule has 0 aliphatic carbocycles. The highest BCUT2D eigenvalue weighted by molar-refractivity contribution is 9.10. The zero-order chi connectivity index (χ0) is 16.6. The Hall–Kier alpha value is -2.34. The number of nitro groups is 1. The first-order valence-corrected chi connectivity index (χ1v) is 7.81. The van der Waals surface area contributed by atoms with Crippen LogP contribution in [0, 0.1) is 24.0 Å².